The first-order chi connectivity index (χ1) is 13.1. The van der Waals surface area contributed by atoms with E-state index in [2.05, 4.69) is 5.10 Å². The van der Waals surface area contributed by atoms with Gasteiger partial charge in [-0.3, -0.25) is 9.48 Å². The van der Waals surface area contributed by atoms with Crippen LogP contribution in [0.4, 0.5) is 17.6 Å². The first-order valence-electron chi connectivity index (χ1n) is 8.39. The Kier molecular flexibility index (Phi) is 4.33. The fraction of sp³-hybridized carbons (Fsp3) is 0.263. The third-order valence-corrected chi connectivity index (χ3v) is 5.14. The molecule has 1 heterocycles. The van der Waals surface area contributed by atoms with E-state index in [1.165, 1.54) is 22.9 Å². The number of hydrogen-bond acceptors (Lipinski definition) is 2. The summed E-state index contributed by atoms with van der Waals surface area (Å²) in [4.78, 5) is 11.2. The molecular weight excluding hydrogens is 400 g/mol. The number of carbonyl (C=O) groups is 1. The van der Waals surface area contributed by atoms with E-state index in [9.17, 15) is 22.4 Å². The van der Waals surface area contributed by atoms with Crippen molar-refractivity contribution in [2.24, 2.45) is 5.92 Å². The molecule has 2 unspecified atom stereocenters. The molecule has 1 aliphatic carbocycles. The molecule has 9 heteroatoms. The van der Waals surface area contributed by atoms with Crippen LogP contribution in [-0.4, -0.2) is 20.9 Å². The Hall–Kier alpha value is -2.61. The molecule has 1 aliphatic rings. The summed E-state index contributed by atoms with van der Waals surface area (Å²) in [7, 11) is 0. The van der Waals surface area contributed by atoms with E-state index in [0.717, 1.165) is 18.2 Å². The molecule has 146 valence electrons. The highest BCUT2D eigenvalue weighted by atomic mass is 35.5. The lowest BCUT2D eigenvalue weighted by molar-refractivity contribution is -0.139. The van der Waals surface area contributed by atoms with E-state index in [4.69, 9.17) is 16.7 Å². The number of carboxylic acids is 1. The Balaban J connectivity index is 1.81. The fourth-order valence-electron chi connectivity index (χ4n) is 3.36. The molecule has 0 spiro atoms. The van der Waals surface area contributed by atoms with Crippen LogP contribution in [0.15, 0.2) is 36.4 Å². The molecule has 0 amide bonds. The van der Waals surface area contributed by atoms with Crippen molar-refractivity contribution in [3.8, 4) is 0 Å². The maximum absolute atomic E-state index is 14.2. The van der Waals surface area contributed by atoms with Crippen LogP contribution in [0.5, 0.6) is 0 Å². The van der Waals surface area contributed by atoms with Gasteiger partial charge >= 0.3 is 12.1 Å². The summed E-state index contributed by atoms with van der Waals surface area (Å²) in [5.74, 6) is -2.70. The maximum Gasteiger partial charge on any atom is 0.416 e. The van der Waals surface area contributed by atoms with Crippen LogP contribution in [0.2, 0.25) is 5.02 Å². The summed E-state index contributed by atoms with van der Waals surface area (Å²) < 4.78 is 54.9. The van der Waals surface area contributed by atoms with Crippen molar-refractivity contribution in [2.45, 2.75) is 25.1 Å². The smallest absolute Gasteiger partial charge is 0.416 e. The second-order valence-electron chi connectivity index (χ2n) is 6.80. The number of aromatic nitrogens is 2. The SMILES string of the molecule is O=C(O)C1CC1c1nn(Cc2ccc(Cl)cc2F)c2ccc(C(F)(F)F)cc12. The number of alkyl halides is 3. The molecule has 4 nitrogen and oxygen atoms in total. The molecule has 4 rings (SSSR count). The van der Waals surface area contributed by atoms with Gasteiger partial charge in [-0.1, -0.05) is 17.7 Å². The molecule has 1 fully saturated rings. The van der Waals surface area contributed by atoms with Crippen LogP contribution in [-0.2, 0) is 17.5 Å². The van der Waals surface area contributed by atoms with Gasteiger partial charge < -0.3 is 5.11 Å². The van der Waals surface area contributed by atoms with Crippen molar-refractivity contribution in [2.75, 3.05) is 0 Å². The van der Waals surface area contributed by atoms with Gasteiger partial charge in [0.05, 0.1) is 29.2 Å². The van der Waals surface area contributed by atoms with Gasteiger partial charge in [-0.05, 0) is 36.8 Å². The first kappa shape index (κ1) is 18.7. The standard InChI is InChI=1S/C19H13ClF4N2O2/c20-11-3-1-9(15(21)6-11)8-26-16-4-2-10(19(22,23)24)5-14(16)17(25-26)12-7-13(12)18(27)28/h1-6,12-13H,7-8H2,(H,27,28). The molecule has 0 radical (unpaired) electrons. The van der Waals surface area contributed by atoms with Crippen LogP contribution < -0.4 is 0 Å². The van der Waals surface area contributed by atoms with Gasteiger partial charge in [-0.15, -0.1) is 0 Å². The summed E-state index contributed by atoms with van der Waals surface area (Å²) in [5.41, 5.74) is 0.105. The Morgan fingerprint density at radius 1 is 1.25 bits per heavy atom. The second kappa shape index (κ2) is 6.48. The number of carboxylic acid groups (broad SMARTS) is 1. The maximum atomic E-state index is 14.2. The quantitative estimate of drug-likeness (QED) is 0.608. The normalized spacial score (nSPS) is 19.2. The molecule has 28 heavy (non-hydrogen) atoms. The molecule has 2 atom stereocenters. The minimum atomic E-state index is -4.54. The highest BCUT2D eigenvalue weighted by Crippen LogP contribution is 2.49. The largest absolute Gasteiger partial charge is 0.481 e. The number of fused-ring (bicyclic) bond motifs is 1. The van der Waals surface area contributed by atoms with Crippen LogP contribution >= 0.6 is 11.6 Å². The highest BCUT2D eigenvalue weighted by molar-refractivity contribution is 6.30. The van der Waals surface area contributed by atoms with Crippen molar-refractivity contribution in [3.05, 3.63) is 64.1 Å². The van der Waals surface area contributed by atoms with Gasteiger partial charge in [-0.25, -0.2) is 4.39 Å². The zero-order chi connectivity index (χ0) is 20.2. The minimum absolute atomic E-state index is 0.0185. The van der Waals surface area contributed by atoms with Gasteiger partial charge in [0.15, 0.2) is 0 Å². The lowest BCUT2D eigenvalue weighted by Gasteiger charge is -2.08. The predicted octanol–water partition coefficient (Wildman–Crippen LogP) is 5.08. The monoisotopic (exact) mass is 412 g/mol. The average molecular weight is 413 g/mol. The molecule has 0 aliphatic heterocycles. The zero-order valence-corrected chi connectivity index (χ0v) is 14.9. The van der Waals surface area contributed by atoms with E-state index >= 15 is 0 Å². The van der Waals surface area contributed by atoms with Crippen molar-refractivity contribution < 1.29 is 27.5 Å². The summed E-state index contributed by atoms with van der Waals surface area (Å²) in [6.07, 6.45) is -4.22. The molecule has 1 saturated carbocycles. The summed E-state index contributed by atoms with van der Waals surface area (Å²) in [6, 6.07) is 7.32. The van der Waals surface area contributed by atoms with Crippen LogP contribution in [0.25, 0.3) is 10.9 Å². The Morgan fingerprint density at radius 2 is 2.00 bits per heavy atom. The van der Waals surface area contributed by atoms with E-state index in [1.54, 1.807) is 0 Å². The molecule has 1 N–H and O–H groups in total. The number of rotatable bonds is 4. The molecule has 2 aromatic carbocycles. The van der Waals surface area contributed by atoms with Gasteiger partial charge in [0.25, 0.3) is 0 Å². The van der Waals surface area contributed by atoms with Crippen LogP contribution in [0.3, 0.4) is 0 Å². The fourth-order valence-corrected chi connectivity index (χ4v) is 3.51. The lowest BCUT2D eigenvalue weighted by Crippen LogP contribution is -2.05. The Labute approximate surface area is 161 Å². The minimum Gasteiger partial charge on any atom is -0.481 e. The predicted molar refractivity (Wildman–Crippen MR) is 93.7 cm³/mol. The Bertz CT molecular complexity index is 1090. The van der Waals surface area contributed by atoms with Crippen molar-refractivity contribution >= 4 is 28.5 Å². The average Bonchev–Trinajstić information content (AvgIpc) is 3.33. The van der Waals surface area contributed by atoms with E-state index in [-0.39, 0.29) is 22.5 Å². The van der Waals surface area contributed by atoms with Crippen LogP contribution in [0.1, 0.15) is 29.2 Å². The van der Waals surface area contributed by atoms with Gasteiger partial charge in [0, 0.05) is 21.9 Å². The topological polar surface area (TPSA) is 55.1 Å². The first-order valence-corrected chi connectivity index (χ1v) is 8.77. The van der Waals surface area contributed by atoms with Crippen molar-refractivity contribution in [1.29, 1.82) is 0 Å². The summed E-state index contributed by atoms with van der Waals surface area (Å²) in [5, 5.41) is 14.0. The van der Waals surface area contributed by atoms with Gasteiger partial charge in [-0.2, -0.15) is 18.3 Å². The molecule has 0 saturated heterocycles. The van der Waals surface area contributed by atoms with Gasteiger partial charge in [0.1, 0.15) is 5.82 Å². The number of benzene rings is 2. The summed E-state index contributed by atoms with van der Waals surface area (Å²) in [6.45, 7) is -0.0185. The zero-order valence-electron chi connectivity index (χ0n) is 14.2. The third-order valence-electron chi connectivity index (χ3n) is 4.90. The number of halogens is 5. The molecule has 1 aromatic heterocycles. The number of nitrogens with zero attached hydrogens (tertiary/aromatic N) is 2. The van der Waals surface area contributed by atoms with E-state index in [1.807, 2.05) is 0 Å². The highest BCUT2D eigenvalue weighted by Gasteiger charge is 2.47. The molecular formula is C19H13ClF4N2O2. The van der Waals surface area contributed by atoms with E-state index in [0.29, 0.717) is 17.6 Å². The van der Waals surface area contributed by atoms with Crippen LogP contribution in [0, 0.1) is 11.7 Å². The second-order valence-corrected chi connectivity index (χ2v) is 7.23. The number of aliphatic carboxylic acids is 1. The third kappa shape index (κ3) is 3.32. The van der Waals surface area contributed by atoms with Crippen molar-refractivity contribution in [3.63, 3.8) is 0 Å². The molecule has 3 aromatic rings. The van der Waals surface area contributed by atoms with Crippen molar-refractivity contribution in [1.82, 2.24) is 9.78 Å². The number of hydrogen-bond donors (Lipinski definition) is 1. The molecule has 0 bridgehead atoms. The summed E-state index contributed by atoms with van der Waals surface area (Å²) >= 11 is 5.75. The van der Waals surface area contributed by atoms with E-state index < -0.39 is 35.4 Å². The Morgan fingerprint density at radius 3 is 2.61 bits per heavy atom. The lowest BCUT2D eigenvalue weighted by atomic mass is 10.1. The van der Waals surface area contributed by atoms with Gasteiger partial charge in [0.2, 0.25) is 0 Å².